The van der Waals surface area contributed by atoms with E-state index in [-0.39, 0.29) is 11.4 Å². The highest BCUT2D eigenvalue weighted by Crippen LogP contribution is 2.49. The number of nitrogens with two attached hydrogens (primary N) is 1. The molecule has 0 amide bonds. The lowest BCUT2D eigenvalue weighted by molar-refractivity contribution is -0.253. The molecule has 2 aromatic rings. The van der Waals surface area contributed by atoms with Crippen LogP contribution < -0.4 is 10.5 Å². The zero-order chi connectivity index (χ0) is 17.3. The molecule has 2 rings (SSSR count). The summed E-state index contributed by atoms with van der Waals surface area (Å²) < 4.78 is 82.5. The molecule has 0 aromatic heterocycles. The van der Waals surface area contributed by atoms with Crippen molar-refractivity contribution in [2.45, 2.75) is 18.3 Å². The highest BCUT2D eigenvalue weighted by molar-refractivity contribution is 5.47. The minimum atomic E-state index is -5.49. The van der Waals surface area contributed by atoms with Crippen LogP contribution in [0.15, 0.2) is 48.5 Å². The van der Waals surface area contributed by atoms with E-state index in [0.29, 0.717) is 0 Å². The molecule has 8 heteroatoms. The van der Waals surface area contributed by atoms with Crippen molar-refractivity contribution < 1.29 is 31.1 Å². The van der Waals surface area contributed by atoms with Crippen LogP contribution in [0.3, 0.4) is 0 Å². The summed E-state index contributed by atoms with van der Waals surface area (Å²) in [4.78, 5) is 0. The number of anilines is 1. The molecule has 0 fully saturated rings. The van der Waals surface area contributed by atoms with Gasteiger partial charge in [0, 0.05) is 17.3 Å². The number of hydrogen-bond acceptors (Lipinski definition) is 2. The van der Waals surface area contributed by atoms with Crippen LogP contribution in [0, 0.1) is 0 Å². The molecule has 0 aliphatic rings. The lowest BCUT2D eigenvalue weighted by atomic mass is 9.97. The van der Waals surface area contributed by atoms with Crippen LogP contribution >= 0.6 is 0 Å². The Labute approximate surface area is 127 Å². The maximum Gasteiger partial charge on any atom is 0.404 e. The predicted octanol–water partition coefficient (Wildman–Crippen LogP) is 5.27. The number of halogens is 6. The van der Waals surface area contributed by atoms with Crippen LogP contribution in [-0.2, 0) is 0 Å². The van der Waals surface area contributed by atoms with Gasteiger partial charge in [-0.15, -0.1) is 0 Å². The number of benzene rings is 2. The van der Waals surface area contributed by atoms with E-state index in [1.165, 1.54) is 30.3 Å². The summed E-state index contributed by atoms with van der Waals surface area (Å²) in [5, 5.41) is 0. The first-order chi connectivity index (χ1) is 10.6. The minimum Gasteiger partial charge on any atom is -0.457 e. The fraction of sp³-hybridized carbons (Fsp3) is 0.200. The van der Waals surface area contributed by atoms with Gasteiger partial charge in [-0.2, -0.15) is 26.3 Å². The van der Waals surface area contributed by atoms with Crippen molar-refractivity contribution in [3.8, 4) is 11.5 Å². The summed E-state index contributed by atoms with van der Waals surface area (Å²) in [6, 6.07) is 9.82. The Morgan fingerprint density at radius 1 is 0.826 bits per heavy atom. The van der Waals surface area contributed by atoms with Gasteiger partial charge in [-0.25, -0.2) is 0 Å². The smallest absolute Gasteiger partial charge is 0.404 e. The minimum absolute atomic E-state index is 0.0422. The summed E-state index contributed by atoms with van der Waals surface area (Å²) >= 11 is 0. The summed E-state index contributed by atoms with van der Waals surface area (Å²) in [6.07, 6.45) is -11.0. The van der Waals surface area contributed by atoms with Gasteiger partial charge in [-0.1, -0.05) is 24.3 Å². The topological polar surface area (TPSA) is 35.2 Å². The molecular weight excluding hydrogens is 324 g/mol. The van der Waals surface area contributed by atoms with Crippen molar-refractivity contribution in [2.75, 3.05) is 5.73 Å². The number of para-hydroxylation sites is 1. The highest BCUT2D eigenvalue weighted by atomic mass is 19.4. The lowest BCUT2D eigenvalue weighted by Crippen LogP contribution is -2.34. The first-order valence-corrected chi connectivity index (χ1v) is 6.35. The molecule has 0 radical (unpaired) electrons. The van der Waals surface area contributed by atoms with E-state index in [1.54, 1.807) is 0 Å². The molecule has 0 heterocycles. The number of hydrogen-bond donors (Lipinski definition) is 1. The average molecular weight is 335 g/mol. The van der Waals surface area contributed by atoms with E-state index in [1.807, 2.05) is 0 Å². The van der Waals surface area contributed by atoms with E-state index in [0.717, 1.165) is 18.2 Å². The van der Waals surface area contributed by atoms with Crippen LogP contribution in [-0.4, -0.2) is 12.4 Å². The van der Waals surface area contributed by atoms with Crippen LogP contribution in [0.4, 0.5) is 32.0 Å². The molecule has 2 N–H and O–H groups in total. The third-order valence-corrected chi connectivity index (χ3v) is 2.97. The lowest BCUT2D eigenvalue weighted by Gasteiger charge is -2.25. The van der Waals surface area contributed by atoms with Crippen molar-refractivity contribution >= 4 is 5.69 Å². The second-order valence-corrected chi connectivity index (χ2v) is 4.73. The highest BCUT2D eigenvalue weighted by Gasteiger charge is 2.58. The van der Waals surface area contributed by atoms with Gasteiger partial charge >= 0.3 is 12.4 Å². The maximum atomic E-state index is 12.9. The van der Waals surface area contributed by atoms with Gasteiger partial charge in [0.15, 0.2) is 5.92 Å². The molecule has 0 saturated heterocycles. The molecule has 0 saturated carbocycles. The first kappa shape index (κ1) is 17.0. The first-order valence-electron chi connectivity index (χ1n) is 6.35. The molecule has 2 aromatic carbocycles. The predicted molar refractivity (Wildman–Crippen MR) is 72.2 cm³/mol. The molecule has 0 unspecified atom stereocenters. The average Bonchev–Trinajstić information content (AvgIpc) is 2.38. The Hall–Kier alpha value is -2.38. The third kappa shape index (κ3) is 4.08. The second-order valence-electron chi connectivity index (χ2n) is 4.73. The Bertz CT molecular complexity index is 666. The van der Waals surface area contributed by atoms with Gasteiger partial charge in [0.25, 0.3) is 0 Å². The van der Waals surface area contributed by atoms with E-state index in [4.69, 9.17) is 10.5 Å². The fourth-order valence-corrected chi connectivity index (χ4v) is 2.06. The summed E-state index contributed by atoms with van der Waals surface area (Å²) in [5.74, 6) is -4.12. The number of alkyl halides is 6. The van der Waals surface area contributed by atoms with Crippen LogP contribution in [0.2, 0.25) is 0 Å². The van der Waals surface area contributed by atoms with Crippen molar-refractivity contribution in [3.63, 3.8) is 0 Å². The molecule has 23 heavy (non-hydrogen) atoms. The standard InChI is InChI=1S/C15H11F6NO/c16-14(17,18)13(15(19,20)21)11-6-1-2-7-12(11)23-10-5-3-4-9(22)8-10/h1-8,13H,22H2. The molecule has 0 spiro atoms. The Morgan fingerprint density at radius 3 is 2.00 bits per heavy atom. The van der Waals surface area contributed by atoms with Crippen LogP contribution in [0.1, 0.15) is 11.5 Å². The van der Waals surface area contributed by atoms with E-state index < -0.39 is 29.6 Å². The van der Waals surface area contributed by atoms with Gasteiger partial charge < -0.3 is 10.5 Å². The zero-order valence-corrected chi connectivity index (χ0v) is 11.4. The van der Waals surface area contributed by atoms with E-state index in [9.17, 15) is 26.3 Å². The van der Waals surface area contributed by atoms with Crippen molar-refractivity contribution in [1.29, 1.82) is 0 Å². The summed E-state index contributed by atoms with van der Waals surface area (Å²) in [5.41, 5.74) is 4.77. The Balaban J connectivity index is 2.47. The van der Waals surface area contributed by atoms with Crippen molar-refractivity contribution in [1.82, 2.24) is 0 Å². The van der Waals surface area contributed by atoms with Gasteiger partial charge in [-0.3, -0.25) is 0 Å². The third-order valence-electron chi connectivity index (χ3n) is 2.97. The monoisotopic (exact) mass is 335 g/mol. The Morgan fingerprint density at radius 2 is 1.43 bits per heavy atom. The molecule has 124 valence electrons. The summed E-state index contributed by atoms with van der Waals surface area (Å²) in [7, 11) is 0. The molecule has 0 bridgehead atoms. The number of nitrogen functional groups attached to an aromatic ring is 1. The van der Waals surface area contributed by atoms with E-state index in [2.05, 4.69) is 0 Å². The molecular formula is C15H11F6NO. The molecule has 0 aliphatic carbocycles. The van der Waals surface area contributed by atoms with Gasteiger partial charge in [-0.05, 0) is 18.2 Å². The number of ether oxygens (including phenoxy) is 1. The van der Waals surface area contributed by atoms with Crippen molar-refractivity contribution in [2.24, 2.45) is 0 Å². The van der Waals surface area contributed by atoms with Crippen molar-refractivity contribution in [3.05, 3.63) is 54.1 Å². The van der Waals surface area contributed by atoms with Crippen LogP contribution in [0.5, 0.6) is 11.5 Å². The van der Waals surface area contributed by atoms with Gasteiger partial charge in [0.2, 0.25) is 0 Å². The van der Waals surface area contributed by atoms with E-state index >= 15 is 0 Å². The van der Waals surface area contributed by atoms with Gasteiger partial charge in [0.1, 0.15) is 11.5 Å². The zero-order valence-electron chi connectivity index (χ0n) is 11.4. The fourth-order valence-electron chi connectivity index (χ4n) is 2.06. The Kier molecular flexibility index (Phi) is 4.44. The SMILES string of the molecule is Nc1cccc(Oc2ccccc2C(C(F)(F)F)C(F)(F)F)c1. The quantitative estimate of drug-likeness (QED) is 0.613. The largest absolute Gasteiger partial charge is 0.457 e. The maximum absolute atomic E-state index is 12.9. The van der Waals surface area contributed by atoms with Crippen LogP contribution in [0.25, 0.3) is 0 Å². The molecule has 2 nitrogen and oxygen atoms in total. The molecule has 0 aliphatic heterocycles. The second kappa shape index (κ2) is 6.02. The summed E-state index contributed by atoms with van der Waals surface area (Å²) in [6.45, 7) is 0. The van der Waals surface area contributed by atoms with Gasteiger partial charge in [0.05, 0.1) is 0 Å². The number of rotatable bonds is 3. The molecule has 0 atom stereocenters. The normalized spacial score (nSPS) is 12.5.